The zero-order valence-electron chi connectivity index (χ0n) is 10.9. The molecule has 0 heterocycles. The van der Waals surface area contributed by atoms with Crippen molar-refractivity contribution in [2.75, 3.05) is 4.72 Å². The van der Waals surface area contributed by atoms with E-state index >= 15 is 0 Å². The van der Waals surface area contributed by atoms with Crippen LogP contribution in [0.1, 0.15) is 11.1 Å². The van der Waals surface area contributed by atoms with Crippen molar-refractivity contribution in [2.24, 2.45) is 0 Å². The summed E-state index contributed by atoms with van der Waals surface area (Å²) in [7, 11) is -4.03. The third-order valence-electron chi connectivity index (χ3n) is 2.66. The molecule has 21 heavy (non-hydrogen) atoms. The SMILES string of the molecule is Cc1cc(F)cc(NS(=O)(=O)c2ccc(F)c(C#N)c2)c1. The van der Waals surface area contributed by atoms with E-state index in [0.717, 1.165) is 24.3 Å². The van der Waals surface area contributed by atoms with Gasteiger partial charge in [-0.05, 0) is 48.9 Å². The van der Waals surface area contributed by atoms with Crippen LogP contribution in [0.25, 0.3) is 0 Å². The number of nitriles is 1. The summed E-state index contributed by atoms with van der Waals surface area (Å²) in [6.45, 7) is 1.62. The molecule has 0 saturated heterocycles. The molecule has 0 bridgehead atoms. The number of hydrogen-bond donors (Lipinski definition) is 1. The van der Waals surface area contributed by atoms with Gasteiger partial charge < -0.3 is 0 Å². The lowest BCUT2D eigenvalue weighted by molar-refractivity contribution is 0.599. The quantitative estimate of drug-likeness (QED) is 0.947. The lowest BCUT2D eigenvalue weighted by atomic mass is 10.2. The van der Waals surface area contributed by atoms with Crippen LogP contribution in [0.2, 0.25) is 0 Å². The van der Waals surface area contributed by atoms with Gasteiger partial charge in [-0.25, -0.2) is 17.2 Å². The number of anilines is 1. The number of rotatable bonds is 3. The van der Waals surface area contributed by atoms with Crippen LogP contribution in [0.4, 0.5) is 14.5 Å². The van der Waals surface area contributed by atoms with E-state index in [1.54, 1.807) is 13.0 Å². The first-order valence-electron chi connectivity index (χ1n) is 5.81. The van der Waals surface area contributed by atoms with Crippen molar-refractivity contribution in [3.8, 4) is 6.07 Å². The molecule has 108 valence electrons. The van der Waals surface area contributed by atoms with Crippen LogP contribution in [0.15, 0.2) is 41.3 Å². The molecular formula is C14H10F2N2O2S. The molecule has 7 heteroatoms. The van der Waals surface area contributed by atoms with E-state index < -0.39 is 21.7 Å². The molecular weight excluding hydrogens is 298 g/mol. The Balaban J connectivity index is 2.41. The van der Waals surface area contributed by atoms with Gasteiger partial charge in [-0.3, -0.25) is 4.72 Å². The zero-order valence-corrected chi connectivity index (χ0v) is 11.7. The fourth-order valence-electron chi connectivity index (χ4n) is 1.77. The van der Waals surface area contributed by atoms with Crippen LogP contribution in [-0.2, 0) is 10.0 Å². The predicted octanol–water partition coefficient (Wildman–Crippen LogP) is 2.95. The second-order valence-corrected chi connectivity index (χ2v) is 6.06. The average Bonchev–Trinajstić information content (AvgIpc) is 2.37. The van der Waals surface area contributed by atoms with Gasteiger partial charge in [0.15, 0.2) is 0 Å². The van der Waals surface area contributed by atoms with Crippen molar-refractivity contribution in [3.63, 3.8) is 0 Å². The highest BCUT2D eigenvalue weighted by atomic mass is 32.2. The molecule has 2 aromatic rings. The largest absolute Gasteiger partial charge is 0.280 e. The lowest BCUT2D eigenvalue weighted by Gasteiger charge is -2.09. The van der Waals surface area contributed by atoms with Crippen LogP contribution in [0.5, 0.6) is 0 Å². The molecule has 0 amide bonds. The summed E-state index contributed by atoms with van der Waals surface area (Å²) in [6.07, 6.45) is 0. The topological polar surface area (TPSA) is 70.0 Å². The number of hydrogen-bond acceptors (Lipinski definition) is 3. The van der Waals surface area contributed by atoms with Crippen molar-refractivity contribution in [1.82, 2.24) is 0 Å². The van der Waals surface area contributed by atoms with E-state index in [1.165, 1.54) is 12.1 Å². The Labute approximate surface area is 120 Å². The van der Waals surface area contributed by atoms with Gasteiger partial charge in [-0.2, -0.15) is 5.26 Å². The Hall–Kier alpha value is -2.46. The smallest absolute Gasteiger partial charge is 0.261 e. The highest BCUT2D eigenvalue weighted by Crippen LogP contribution is 2.20. The third kappa shape index (κ3) is 3.35. The monoisotopic (exact) mass is 308 g/mol. The Morgan fingerprint density at radius 1 is 1.14 bits per heavy atom. The van der Waals surface area contributed by atoms with Crippen LogP contribution in [0.3, 0.4) is 0 Å². The average molecular weight is 308 g/mol. The minimum Gasteiger partial charge on any atom is -0.280 e. The lowest BCUT2D eigenvalue weighted by Crippen LogP contribution is -2.13. The number of aryl methyl sites for hydroxylation is 1. The Morgan fingerprint density at radius 2 is 1.86 bits per heavy atom. The van der Waals surface area contributed by atoms with Gasteiger partial charge in [-0.1, -0.05) is 0 Å². The van der Waals surface area contributed by atoms with E-state index in [4.69, 9.17) is 5.26 Å². The summed E-state index contributed by atoms with van der Waals surface area (Å²) >= 11 is 0. The molecule has 0 fully saturated rings. The van der Waals surface area contributed by atoms with E-state index in [9.17, 15) is 17.2 Å². The normalized spacial score (nSPS) is 11.0. The van der Waals surface area contributed by atoms with Crippen molar-refractivity contribution in [1.29, 1.82) is 5.26 Å². The summed E-state index contributed by atoms with van der Waals surface area (Å²) in [5.74, 6) is -1.39. The predicted molar refractivity (Wildman–Crippen MR) is 73.1 cm³/mol. The van der Waals surface area contributed by atoms with Crippen molar-refractivity contribution >= 4 is 15.7 Å². The number of nitrogens with zero attached hydrogens (tertiary/aromatic N) is 1. The first-order valence-corrected chi connectivity index (χ1v) is 7.30. The maximum Gasteiger partial charge on any atom is 0.261 e. The molecule has 0 aliphatic heterocycles. The van der Waals surface area contributed by atoms with Crippen LogP contribution in [-0.4, -0.2) is 8.42 Å². The summed E-state index contributed by atoms with van der Waals surface area (Å²) in [5.41, 5.74) is 0.216. The summed E-state index contributed by atoms with van der Waals surface area (Å²) < 4.78 is 52.9. The van der Waals surface area contributed by atoms with Crippen molar-refractivity contribution < 1.29 is 17.2 Å². The fraction of sp³-hybridized carbons (Fsp3) is 0.0714. The molecule has 0 radical (unpaired) electrons. The number of nitrogens with one attached hydrogen (secondary N) is 1. The summed E-state index contributed by atoms with van der Waals surface area (Å²) in [4.78, 5) is -0.276. The standard InChI is InChI=1S/C14H10F2N2O2S/c1-9-4-11(15)7-12(5-9)18-21(19,20)13-2-3-14(16)10(6-13)8-17/h2-7,18H,1H3. The Bertz CT molecular complexity index is 822. The number of benzene rings is 2. The molecule has 4 nitrogen and oxygen atoms in total. The van der Waals surface area contributed by atoms with Gasteiger partial charge in [-0.15, -0.1) is 0 Å². The molecule has 1 N–H and O–H groups in total. The first-order chi connectivity index (χ1) is 9.81. The van der Waals surface area contributed by atoms with Gasteiger partial charge >= 0.3 is 0 Å². The van der Waals surface area contributed by atoms with Gasteiger partial charge in [0.25, 0.3) is 10.0 Å². The van der Waals surface area contributed by atoms with E-state index in [1.807, 2.05) is 0 Å². The highest BCUT2D eigenvalue weighted by molar-refractivity contribution is 7.92. The highest BCUT2D eigenvalue weighted by Gasteiger charge is 2.17. The molecule has 2 aromatic carbocycles. The molecule has 0 aromatic heterocycles. The summed E-state index contributed by atoms with van der Waals surface area (Å²) in [6, 6.07) is 8.14. The van der Waals surface area contributed by atoms with Crippen molar-refractivity contribution in [2.45, 2.75) is 11.8 Å². The van der Waals surface area contributed by atoms with Crippen molar-refractivity contribution in [3.05, 3.63) is 59.2 Å². The second kappa shape index (κ2) is 5.50. The molecule has 0 unspecified atom stereocenters. The van der Waals surface area contributed by atoms with Crippen LogP contribution < -0.4 is 4.72 Å². The number of halogens is 2. The van der Waals surface area contributed by atoms with Crippen LogP contribution >= 0.6 is 0 Å². The minimum atomic E-state index is -4.03. The van der Waals surface area contributed by atoms with E-state index in [0.29, 0.717) is 5.56 Å². The number of sulfonamides is 1. The Morgan fingerprint density at radius 3 is 2.48 bits per heavy atom. The molecule has 0 atom stereocenters. The van der Waals surface area contributed by atoms with Gasteiger partial charge in [0.2, 0.25) is 0 Å². The fourth-order valence-corrected chi connectivity index (χ4v) is 2.83. The zero-order chi connectivity index (χ0) is 15.6. The van der Waals surface area contributed by atoms with E-state index in [2.05, 4.69) is 4.72 Å². The second-order valence-electron chi connectivity index (χ2n) is 4.38. The molecule has 0 aliphatic rings. The molecule has 2 rings (SSSR count). The van der Waals surface area contributed by atoms with Gasteiger partial charge in [0.05, 0.1) is 16.1 Å². The maximum absolute atomic E-state index is 13.2. The first kappa shape index (κ1) is 14.9. The van der Waals surface area contributed by atoms with Gasteiger partial charge in [0.1, 0.15) is 17.7 Å². The van der Waals surface area contributed by atoms with E-state index in [-0.39, 0.29) is 16.1 Å². The minimum absolute atomic E-state index is 0.0512. The molecule has 0 saturated carbocycles. The summed E-state index contributed by atoms with van der Waals surface area (Å²) in [5, 5.41) is 8.72. The third-order valence-corrected chi connectivity index (χ3v) is 4.04. The molecule has 0 spiro atoms. The van der Waals surface area contributed by atoms with Gasteiger partial charge in [0, 0.05) is 0 Å². The van der Waals surface area contributed by atoms with Crippen LogP contribution in [0, 0.1) is 29.9 Å². The Kier molecular flexibility index (Phi) is 3.91. The maximum atomic E-state index is 13.2. The molecule has 0 aliphatic carbocycles.